The smallest absolute Gasteiger partial charge is 0.0826 e. The molecule has 2 aromatic carbocycles. The van der Waals surface area contributed by atoms with Crippen LogP contribution in [0.25, 0.3) is 10.8 Å². The number of rotatable bonds is 3. The summed E-state index contributed by atoms with van der Waals surface area (Å²) in [5, 5.41) is 13.4. The standard InChI is InChI=1S/C19H24O/c1-2-14-8-3-6-12-17(14)19(20)18-13-7-10-15-9-4-5-11-16(15)18/h4-5,7,9-11,13-14,17,19-20H,2-3,6,8,12H2,1H3. The Morgan fingerprint density at radius 2 is 1.80 bits per heavy atom. The Hall–Kier alpha value is -1.34. The van der Waals surface area contributed by atoms with E-state index in [1.807, 2.05) is 0 Å². The number of aliphatic hydroxyl groups is 1. The van der Waals surface area contributed by atoms with E-state index in [4.69, 9.17) is 0 Å². The zero-order valence-electron chi connectivity index (χ0n) is 12.3. The normalized spacial score (nSPS) is 24.7. The molecule has 1 heteroatoms. The monoisotopic (exact) mass is 268 g/mol. The minimum Gasteiger partial charge on any atom is -0.388 e. The summed E-state index contributed by atoms with van der Waals surface area (Å²) in [6.07, 6.45) is 5.92. The van der Waals surface area contributed by atoms with Crippen LogP contribution in [0, 0.1) is 11.8 Å². The molecule has 0 radical (unpaired) electrons. The van der Waals surface area contributed by atoms with Gasteiger partial charge in [0, 0.05) is 0 Å². The average Bonchev–Trinajstić information content (AvgIpc) is 2.53. The zero-order valence-corrected chi connectivity index (χ0v) is 12.3. The molecule has 3 unspecified atom stereocenters. The van der Waals surface area contributed by atoms with Crippen LogP contribution >= 0.6 is 0 Å². The van der Waals surface area contributed by atoms with Gasteiger partial charge in [-0.15, -0.1) is 0 Å². The summed E-state index contributed by atoms with van der Waals surface area (Å²) < 4.78 is 0. The van der Waals surface area contributed by atoms with Crippen molar-refractivity contribution in [2.45, 2.75) is 45.1 Å². The first-order valence-corrected chi connectivity index (χ1v) is 7.97. The lowest BCUT2D eigenvalue weighted by molar-refractivity contribution is 0.0462. The second-order valence-electron chi connectivity index (χ2n) is 6.13. The van der Waals surface area contributed by atoms with Gasteiger partial charge >= 0.3 is 0 Å². The summed E-state index contributed by atoms with van der Waals surface area (Å²) in [4.78, 5) is 0. The Labute approximate surface area is 121 Å². The lowest BCUT2D eigenvalue weighted by atomic mass is 9.73. The molecule has 106 valence electrons. The summed E-state index contributed by atoms with van der Waals surface area (Å²) in [6.45, 7) is 2.26. The Morgan fingerprint density at radius 3 is 2.65 bits per heavy atom. The van der Waals surface area contributed by atoms with Gasteiger partial charge in [0.1, 0.15) is 0 Å². The minimum atomic E-state index is -0.314. The van der Waals surface area contributed by atoms with Crippen molar-refractivity contribution in [3.63, 3.8) is 0 Å². The Balaban J connectivity index is 1.97. The van der Waals surface area contributed by atoms with E-state index in [1.54, 1.807) is 0 Å². The van der Waals surface area contributed by atoms with Gasteiger partial charge < -0.3 is 5.11 Å². The summed E-state index contributed by atoms with van der Waals surface area (Å²) in [5.74, 6) is 1.11. The van der Waals surface area contributed by atoms with Gasteiger partial charge in [0.2, 0.25) is 0 Å². The van der Waals surface area contributed by atoms with Gasteiger partial charge in [-0.3, -0.25) is 0 Å². The minimum absolute atomic E-state index is 0.314. The van der Waals surface area contributed by atoms with E-state index >= 15 is 0 Å². The fraction of sp³-hybridized carbons (Fsp3) is 0.474. The van der Waals surface area contributed by atoms with E-state index < -0.39 is 0 Å². The lowest BCUT2D eigenvalue weighted by Gasteiger charge is -2.35. The van der Waals surface area contributed by atoms with Gasteiger partial charge in [0.15, 0.2) is 0 Å². The molecule has 3 rings (SSSR count). The molecule has 0 spiro atoms. The molecular weight excluding hydrogens is 244 g/mol. The molecule has 3 atom stereocenters. The zero-order chi connectivity index (χ0) is 13.9. The van der Waals surface area contributed by atoms with Crippen LogP contribution in [-0.4, -0.2) is 5.11 Å². The molecule has 20 heavy (non-hydrogen) atoms. The fourth-order valence-electron chi connectivity index (χ4n) is 3.90. The van der Waals surface area contributed by atoms with Gasteiger partial charge in [-0.1, -0.05) is 75.1 Å². The van der Waals surface area contributed by atoms with Gasteiger partial charge in [0.25, 0.3) is 0 Å². The maximum atomic E-state index is 10.9. The maximum Gasteiger partial charge on any atom is 0.0826 e. The van der Waals surface area contributed by atoms with E-state index in [1.165, 1.54) is 42.9 Å². The number of aliphatic hydroxyl groups excluding tert-OH is 1. The van der Waals surface area contributed by atoms with Crippen LogP contribution in [0.15, 0.2) is 42.5 Å². The van der Waals surface area contributed by atoms with Crippen molar-refractivity contribution < 1.29 is 5.11 Å². The van der Waals surface area contributed by atoms with Crippen molar-refractivity contribution in [1.82, 2.24) is 0 Å². The number of hydrogen-bond acceptors (Lipinski definition) is 1. The molecular formula is C19H24O. The third-order valence-corrected chi connectivity index (χ3v) is 5.04. The summed E-state index contributed by atoms with van der Waals surface area (Å²) in [7, 11) is 0. The maximum absolute atomic E-state index is 10.9. The Bertz CT molecular complexity index is 569. The molecule has 1 nitrogen and oxygen atoms in total. The van der Waals surface area contributed by atoms with E-state index in [-0.39, 0.29) is 6.10 Å². The molecule has 0 saturated heterocycles. The summed E-state index contributed by atoms with van der Waals surface area (Å²) in [5.41, 5.74) is 1.12. The molecule has 1 aliphatic rings. The lowest BCUT2D eigenvalue weighted by Crippen LogP contribution is -2.25. The topological polar surface area (TPSA) is 20.2 Å². The second-order valence-corrected chi connectivity index (χ2v) is 6.13. The van der Waals surface area contributed by atoms with Crippen molar-refractivity contribution in [3.05, 3.63) is 48.0 Å². The van der Waals surface area contributed by atoms with E-state index in [2.05, 4.69) is 49.4 Å². The fourth-order valence-corrected chi connectivity index (χ4v) is 3.90. The molecule has 1 fully saturated rings. The first kappa shape index (κ1) is 13.6. The van der Waals surface area contributed by atoms with Crippen LogP contribution in [0.4, 0.5) is 0 Å². The molecule has 0 aromatic heterocycles. The molecule has 0 aliphatic heterocycles. The molecule has 0 heterocycles. The second kappa shape index (κ2) is 5.97. The third-order valence-electron chi connectivity index (χ3n) is 5.04. The average molecular weight is 268 g/mol. The molecule has 1 saturated carbocycles. The molecule has 0 bridgehead atoms. The van der Waals surface area contributed by atoms with Gasteiger partial charge in [-0.2, -0.15) is 0 Å². The first-order valence-electron chi connectivity index (χ1n) is 7.97. The van der Waals surface area contributed by atoms with Gasteiger partial charge in [-0.05, 0) is 34.6 Å². The van der Waals surface area contributed by atoms with Crippen LogP contribution in [0.1, 0.15) is 50.7 Å². The largest absolute Gasteiger partial charge is 0.388 e. The Morgan fingerprint density at radius 1 is 1.05 bits per heavy atom. The van der Waals surface area contributed by atoms with Crippen molar-refractivity contribution >= 4 is 10.8 Å². The number of fused-ring (bicyclic) bond motifs is 1. The van der Waals surface area contributed by atoms with Gasteiger partial charge in [0.05, 0.1) is 6.10 Å². The van der Waals surface area contributed by atoms with Crippen molar-refractivity contribution in [2.24, 2.45) is 11.8 Å². The quantitative estimate of drug-likeness (QED) is 0.822. The predicted octanol–water partition coefficient (Wildman–Crippen LogP) is 5.09. The highest BCUT2D eigenvalue weighted by molar-refractivity contribution is 5.86. The molecule has 1 aliphatic carbocycles. The van der Waals surface area contributed by atoms with Gasteiger partial charge in [-0.25, -0.2) is 0 Å². The number of benzene rings is 2. The van der Waals surface area contributed by atoms with Crippen LogP contribution in [0.2, 0.25) is 0 Å². The molecule has 2 aromatic rings. The highest BCUT2D eigenvalue weighted by atomic mass is 16.3. The predicted molar refractivity (Wildman–Crippen MR) is 84.6 cm³/mol. The van der Waals surface area contributed by atoms with E-state index in [0.29, 0.717) is 11.8 Å². The van der Waals surface area contributed by atoms with Crippen LogP contribution in [0.3, 0.4) is 0 Å². The van der Waals surface area contributed by atoms with Crippen molar-refractivity contribution in [3.8, 4) is 0 Å². The third kappa shape index (κ3) is 2.47. The van der Waals surface area contributed by atoms with Crippen LogP contribution in [0.5, 0.6) is 0 Å². The van der Waals surface area contributed by atoms with Crippen LogP contribution < -0.4 is 0 Å². The van der Waals surface area contributed by atoms with Crippen LogP contribution in [-0.2, 0) is 0 Å². The highest BCUT2D eigenvalue weighted by Gasteiger charge is 2.31. The molecule has 0 amide bonds. The SMILES string of the molecule is CCC1CCCCC1C(O)c1cccc2ccccc12. The Kier molecular flexibility index (Phi) is 4.07. The number of hydrogen-bond donors (Lipinski definition) is 1. The summed E-state index contributed by atoms with van der Waals surface area (Å²) >= 11 is 0. The van der Waals surface area contributed by atoms with Crippen molar-refractivity contribution in [1.29, 1.82) is 0 Å². The van der Waals surface area contributed by atoms with Crippen molar-refractivity contribution in [2.75, 3.05) is 0 Å². The molecule has 1 N–H and O–H groups in total. The van der Waals surface area contributed by atoms with E-state index in [0.717, 1.165) is 5.56 Å². The highest BCUT2D eigenvalue weighted by Crippen LogP contribution is 2.41. The summed E-state index contributed by atoms with van der Waals surface area (Å²) in [6, 6.07) is 14.7. The van der Waals surface area contributed by atoms with E-state index in [9.17, 15) is 5.11 Å². The first-order chi connectivity index (χ1) is 9.81.